The van der Waals surface area contributed by atoms with Crippen molar-refractivity contribution in [2.24, 2.45) is 0 Å². The van der Waals surface area contributed by atoms with Gasteiger partial charge >= 0.3 is 0 Å². The Balaban J connectivity index is 1.92. The smallest absolute Gasteiger partial charge is 0.242 e. The van der Waals surface area contributed by atoms with Crippen molar-refractivity contribution in [3.8, 4) is 5.75 Å². The molecule has 0 spiro atoms. The third-order valence-corrected chi connectivity index (χ3v) is 6.44. The Morgan fingerprint density at radius 2 is 1.49 bits per heavy atom. The number of methoxy groups -OCH3 is 1. The molecule has 0 aliphatic heterocycles. The topological polar surface area (TPSA) is 58.6 Å². The molecule has 0 fully saturated rings. The number of carbonyl (C=O) groups excluding carboxylic acids is 2. The fourth-order valence-corrected chi connectivity index (χ4v) is 4.11. The number of nitrogens with zero attached hydrogens (tertiary/aromatic N) is 1. The van der Waals surface area contributed by atoms with Gasteiger partial charge in [0.2, 0.25) is 11.8 Å². The second-order valence-electron chi connectivity index (χ2n) is 8.95. The monoisotopic (exact) mass is 472 g/mol. The third-order valence-electron chi connectivity index (χ3n) is 6.44. The van der Waals surface area contributed by atoms with Crippen LogP contribution < -0.4 is 10.1 Å². The van der Waals surface area contributed by atoms with Gasteiger partial charge in [-0.15, -0.1) is 0 Å². The van der Waals surface area contributed by atoms with Crippen molar-refractivity contribution in [2.75, 3.05) is 7.11 Å². The molecule has 3 aromatic rings. The van der Waals surface area contributed by atoms with E-state index in [9.17, 15) is 9.59 Å². The van der Waals surface area contributed by atoms with Crippen LogP contribution in [0.4, 0.5) is 0 Å². The van der Waals surface area contributed by atoms with E-state index in [2.05, 4.69) is 29.6 Å². The summed E-state index contributed by atoms with van der Waals surface area (Å²) in [5.74, 6) is 0.393. The lowest BCUT2D eigenvalue weighted by molar-refractivity contribution is -0.141. The number of carbonyl (C=O) groups is 2. The van der Waals surface area contributed by atoms with Crippen molar-refractivity contribution in [1.82, 2.24) is 10.2 Å². The Kier molecular flexibility index (Phi) is 9.47. The van der Waals surface area contributed by atoms with E-state index in [1.165, 1.54) is 0 Å². The second kappa shape index (κ2) is 12.7. The fourth-order valence-electron chi connectivity index (χ4n) is 4.11. The van der Waals surface area contributed by atoms with Gasteiger partial charge in [0.25, 0.3) is 0 Å². The molecule has 3 rings (SSSR count). The maximum absolute atomic E-state index is 13.9. The van der Waals surface area contributed by atoms with Gasteiger partial charge in [0, 0.05) is 24.9 Å². The third kappa shape index (κ3) is 7.19. The Bertz CT molecular complexity index is 1050. The second-order valence-corrected chi connectivity index (χ2v) is 8.95. The van der Waals surface area contributed by atoms with E-state index >= 15 is 0 Å². The van der Waals surface area contributed by atoms with E-state index in [1.807, 2.05) is 74.5 Å². The minimum Gasteiger partial charge on any atom is -0.497 e. The van der Waals surface area contributed by atoms with Crippen molar-refractivity contribution < 1.29 is 14.3 Å². The predicted octanol–water partition coefficient (Wildman–Crippen LogP) is 5.55. The van der Waals surface area contributed by atoms with Gasteiger partial charge in [0.05, 0.1) is 7.11 Å². The number of ether oxygens (including phenoxy) is 1. The lowest BCUT2D eigenvalue weighted by atomic mass is 9.88. The first-order valence-corrected chi connectivity index (χ1v) is 12.3. The molecule has 0 bridgehead atoms. The normalized spacial score (nSPS) is 12.6. The van der Waals surface area contributed by atoms with Crippen molar-refractivity contribution >= 4 is 11.8 Å². The Labute approximate surface area is 209 Å². The number of amides is 2. The van der Waals surface area contributed by atoms with Gasteiger partial charge in [-0.2, -0.15) is 0 Å². The highest BCUT2D eigenvalue weighted by Crippen LogP contribution is 2.29. The zero-order chi connectivity index (χ0) is 25.2. The van der Waals surface area contributed by atoms with Crippen LogP contribution in [0.15, 0.2) is 84.9 Å². The maximum Gasteiger partial charge on any atom is 0.242 e. The summed E-state index contributed by atoms with van der Waals surface area (Å²) in [4.78, 5) is 28.6. The molecule has 0 unspecified atom stereocenters. The molecule has 35 heavy (non-hydrogen) atoms. The molecule has 2 atom stereocenters. The molecule has 0 heterocycles. The Hall–Kier alpha value is -3.60. The van der Waals surface area contributed by atoms with E-state index in [-0.39, 0.29) is 30.2 Å². The lowest BCUT2D eigenvalue weighted by Gasteiger charge is -2.31. The van der Waals surface area contributed by atoms with E-state index < -0.39 is 6.04 Å². The molecule has 5 nitrogen and oxygen atoms in total. The average molecular weight is 473 g/mol. The Morgan fingerprint density at radius 3 is 2.03 bits per heavy atom. The highest BCUT2D eigenvalue weighted by molar-refractivity contribution is 5.88. The predicted molar refractivity (Wildman–Crippen MR) is 140 cm³/mol. The van der Waals surface area contributed by atoms with E-state index in [4.69, 9.17) is 4.74 Å². The summed E-state index contributed by atoms with van der Waals surface area (Å²) in [6.07, 6.45) is 1.09. The van der Waals surface area contributed by atoms with Gasteiger partial charge < -0.3 is 15.0 Å². The molecule has 5 heteroatoms. The maximum atomic E-state index is 13.9. The van der Waals surface area contributed by atoms with E-state index in [1.54, 1.807) is 18.9 Å². The first-order valence-electron chi connectivity index (χ1n) is 12.3. The van der Waals surface area contributed by atoms with E-state index in [0.29, 0.717) is 6.54 Å². The van der Waals surface area contributed by atoms with Crippen molar-refractivity contribution in [3.63, 3.8) is 0 Å². The zero-order valence-corrected chi connectivity index (χ0v) is 21.1. The van der Waals surface area contributed by atoms with Crippen LogP contribution in [0, 0.1) is 0 Å². The summed E-state index contributed by atoms with van der Waals surface area (Å²) >= 11 is 0. The number of rotatable bonds is 11. The van der Waals surface area contributed by atoms with Gasteiger partial charge in [0.1, 0.15) is 11.8 Å². The van der Waals surface area contributed by atoms with Crippen LogP contribution in [0.5, 0.6) is 5.75 Å². The average Bonchev–Trinajstić information content (AvgIpc) is 2.90. The molecule has 3 aromatic carbocycles. The zero-order valence-electron chi connectivity index (χ0n) is 21.1. The number of hydrogen-bond acceptors (Lipinski definition) is 3. The van der Waals surface area contributed by atoms with Crippen molar-refractivity contribution in [3.05, 3.63) is 102 Å². The number of nitrogens with one attached hydrogen (secondary N) is 1. The number of hydrogen-bond donors (Lipinski definition) is 1. The molecule has 0 saturated heterocycles. The molecule has 0 saturated carbocycles. The van der Waals surface area contributed by atoms with Crippen LogP contribution >= 0.6 is 0 Å². The summed E-state index contributed by atoms with van der Waals surface area (Å²) in [5, 5.41) is 3.03. The molecule has 0 aliphatic carbocycles. The molecule has 2 amide bonds. The highest BCUT2D eigenvalue weighted by Gasteiger charge is 2.29. The van der Waals surface area contributed by atoms with E-state index in [0.717, 1.165) is 28.9 Å². The minimum atomic E-state index is -0.616. The van der Waals surface area contributed by atoms with Gasteiger partial charge in [-0.3, -0.25) is 9.59 Å². The van der Waals surface area contributed by atoms with Gasteiger partial charge in [0.15, 0.2) is 0 Å². The molecule has 1 N–H and O–H groups in total. The molecule has 184 valence electrons. The Morgan fingerprint density at radius 1 is 0.886 bits per heavy atom. The molecular weight excluding hydrogens is 436 g/mol. The standard InChI is InChI=1S/C30H36N2O3/c1-5-22(2)31-30(34)23(3)32(21-24-13-12-18-27(19-24)35-4)29(33)20-28(25-14-8-6-9-15-25)26-16-10-7-11-17-26/h6-19,22-23,28H,5,20-21H2,1-4H3,(H,31,34)/t22-,23-/m0/s1. The SMILES string of the molecule is CC[C@H](C)NC(=O)[C@H](C)N(Cc1cccc(OC)c1)C(=O)CC(c1ccccc1)c1ccccc1. The first kappa shape index (κ1) is 26.0. The quantitative estimate of drug-likeness (QED) is 0.398. The molecule has 0 aliphatic rings. The van der Waals surface area contributed by atoms with Gasteiger partial charge in [-0.05, 0) is 49.1 Å². The molecular formula is C30H36N2O3. The fraction of sp³-hybridized carbons (Fsp3) is 0.333. The summed E-state index contributed by atoms with van der Waals surface area (Å²) in [7, 11) is 1.62. The van der Waals surface area contributed by atoms with Crippen LogP contribution in [-0.2, 0) is 16.1 Å². The van der Waals surface area contributed by atoms with Crippen molar-refractivity contribution in [1.29, 1.82) is 0 Å². The molecule has 0 aromatic heterocycles. The van der Waals surface area contributed by atoms with Crippen LogP contribution in [0.3, 0.4) is 0 Å². The molecule has 0 radical (unpaired) electrons. The minimum absolute atomic E-state index is 0.0418. The summed E-state index contributed by atoms with van der Waals surface area (Å²) < 4.78 is 5.37. The van der Waals surface area contributed by atoms with Crippen LogP contribution in [0.1, 0.15) is 56.2 Å². The van der Waals surface area contributed by atoms with Crippen LogP contribution in [-0.4, -0.2) is 35.9 Å². The summed E-state index contributed by atoms with van der Waals surface area (Å²) in [5.41, 5.74) is 3.06. The number of benzene rings is 3. The first-order chi connectivity index (χ1) is 16.9. The van der Waals surface area contributed by atoms with Gasteiger partial charge in [-0.1, -0.05) is 79.7 Å². The van der Waals surface area contributed by atoms with Crippen LogP contribution in [0.25, 0.3) is 0 Å². The van der Waals surface area contributed by atoms with Crippen LogP contribution in [0.2, 0.25) is 0 Å². The summed E-state index contributed by atoms with van der Waals surface area (Å²) in [6, 6.07) is 27.2. The summed E-state index contributed by atoms with van der Waals surface area (Å²) in [6.45, 7) is 6.12. The largest absolute Gasteiger partial charge is 0.497 e. The van der Waals surface area contributed by atoms with Gasteiger partial charge in [-0.25, -0.2) is 0 Å². The highest BCUT2D eigenvalue weighted by atomic mass is 16.5. The van der Waals surface area contributed by atoms with Crippen molar-refractivity contribution in [2.45, 2.75) is 58.2 Å². The lowest BCUT2D eigenvalue weighted by Crippen LogP contribution is -2.49.